The third-order valence-corrected chi connectivity index (χ3v) is 8.21. The van der Waals surface area contributed by atoms with E-state index >= 15 is 0 Å². The van der Waals surface area contributed by atoms with Gasteiger partial charge < -0.3 is 9.97 Å². The second-order valence-corrected chi connectivity index (χ2v) is 10.4. The number of aromatic nitrogens is 2. The fraction of sp³-hybridized carbons (Fsp3) is 0.471. The third kappa shape index (κ3) is 6.63. The third-order valence-electron chi connectivity index (χ3n) is 8.21. The van der Waals surface area contributed by atoms with Crippen LogP contribution >= 0.6 is 0 Å². The zero-order valence-corrected chi connectivity index (χ0v) is 29.4. The van der Waals surface area contributed by atoms with Crippen molar-refractivity contribution in [1.29, 1.82) is 0 Å². The molecule has 0 bridgehead atoms. The predicted molar refractivity (Wildman–Crippen MR) is 165 cm³/mol. The Morgan fingerprint density at radius 2 is 0.872 bits per heavy atom. The molecular weight excluding hydrogens is 530 g/mol. The number of hydrogen-bond donors (Lipinski definition) is 0. The van der Waals surface area contributed by atoms with Gasteiger partial charge in [-0.1, -0.05) is 75.9 Å². The molecule has 4 rings (SSSR count). The van der Waals surface area contributed by atoms with Crippen molar-refractivity contribution in [2.45, 2.75) is 109 Å². The summed E-state index contributed by atoms with van der Waals surface area (Å²) < 4.78 is 0. The summed E-state index contributed by atoms with van der Waals surface area (Å²) in [7, 11) is 0. The van der Waals surface area contributed by atoms with Crippen LogP contribution in [-0.4, -0.2) is 11.4 Å². The minimum atomic E-state index is 0. The summed E-state index contributed by atoms with van der Waals surface area (Å²) in [5.74, 6) is 0. The monoisotopic (exact) mass is 574 g/mol. The Morgan fingerprint density at radius 1 is 0.538 bits per heavy atom. The van der Waals surface area contributed by atoms with Gasteiger partial charge in [-0.15, -0.1) is 11.4 Å². The molecule has 0 aliphatic carbocycles. The molecule has 0 atom stereocenters. The Bertz CT molecular complexity index is 1310. The van der Waals surface area contributed by atoms with Gasteiger partial charge in [0, 0.05) is 11.4 Å². The van der Waals surface area contributed by atoms with Gasteiger partial charge in [-0.05, 0) is 89.5 Å². The molecule has 0 spiro atoms. The molecule has 2 aromatic rings. The largest absolute Gasteiger partial charge is 2.00 e. The molecule has 0 saturated carbocycles. The minimum Gasteiger partial charge on any atom is -0.661 e. The average molecular weight is 576 g/mol. The molecule has 204 valence electrons. The molecule has 4 heterocycles. The van der Waals surface area contributed by atoms with E-state index in [-0.39, 0.29) is 19.5 Å². The minimum absolute atomic E-state index is 0. The summed E-state index contributed by atoms with van der Waals surface area (Å²) in [4.78, 5) is 18.7. The molecule has 0 aromatic carbocycles. The molecular formula is C34H46N4Zn. The van der Waals surface area contributed by atoms with Crippen molar-refractivity contribution in [2.75, 3.05) is 0 Å². The van der Waals surface area contributed by atoms with E-state index in [1.165, 1.54) is 44.5 Å². The van der Waals surface area contributed by atoms with Crippen molar-refractivity contribution in [3.05, 3.63) is 78.7 Å². The van der Waals surface area contributed by atoms with Gasteiger partial charge >= 0.3 is 19.5 Å². The SMILES string of the molecule is CCC1=C(C)/C(=C/c2[n-]c(C)c(CC)c2C)N=C1C.CCC1=C(C)/C(=C/c2[n-]c(C)c(CC)c2C)N=C1C.[Zn+2]. The first-order chi connectivity index (χ1) is 18.0. The van der Waals surface area contributed by atoms with E-state index in [0.717, 1.165) is 71.3 Å². The van der Waals surface area contributed by atoms with Crippen LogP contribution in [0.5, 0.6) is 0 Å². The first-order valence-corrected chi connectivity index (χ1v) is 14.2. The number of allylic oxidation sites excluding steroid dienone is 4. The van der Waals surface area contributed by atoms with E-state index in [1.54, 1.807) is 0 Å². The number of aliphatic imine (C=N–C) groups is 2. The van der Waals surface area contributed by atoms with Gasteiger partial charge in [0.1, 0.15) is 0 Å². The van der Waals surface area contributed by atoms with Crippen LogP contribution in [0, 0.1) is 27.7 Å². The average Bonchev–Trinajstić information content (AvgIpc) is 3.50. The fourth-order valence-electron chi connectivity index (χ4n) is 5.94. The fourth-order valence-corrected chi connectivity index (χ4v) is 5.94. The van der Waals surface area contributed by atoms with Gasteiger partial charge in [0.25, 0.3) is 0 Å². The maximum atomic E-state index is 4.69. The van der Waals surface area contributed by atoms with Gasteiger partial charge in [0.15, 0.2) is 0 Å². The molecule has 2 aliphatic rings. The van der Waals surface area contributed by atoms with E-state index in [9.17, 15) is 0 Å². The first-order valence-electron chi connectivity index (χ1n) is 14.2. The van der Waals surface area contributed by atoms with Crippen LogP contribution in [0.3, 0.4) is 0 Å². The summed E-state index contributed by atoms with van der Waals surface area (Å²) in [5, 5.41) is 0. The van der Waals surface area contributed by atoms with Crippen molar-refractivity contribution in [1.82, 2.24) is 9.97 Å². The number of aryl methyl sites for hydroxylation is 2. The Morgan fingerprint density at radius 3 is 1.10 bits per heavy atom. The van der Waals surface area contributed by atoms with E-state index in [1.807, 2.05) is 0 Å². The topological polar surface area (TPSA) is 52.9 Å². The van der Waals surface area contributed by atoms with Crippen molar-refractivity contribution >= 4 is 23.6 Å². The number of nitrogens with zero attached hydrogens (tertiary/aromatic N) is 4. The Labute approximate surface area is 249 Å². The molecule has 0 amide bonds. The molecule has 2 aromatic heterocycles. The maximum absolute atomic E-state index is 4.69. The molecule has 4 nitrogen and oxygen atoms in total. The van der Waals surface area contributed by atoms with E-state index in [4.69, 9.17) is 0 Å². The van der Waals surface area contributed by atoms with E-state index in [2.05, 4.69) is 115 Å². The second kappa shape index (κ2) is 13.7. The second-order valence-electron chi connectivity index (χ2n) is 10.4. The van der Waals surface area contributed by atoms with Crippen molar-refractivity contribution in [2.24, 2.45) is 9.98 Å². The number of hydrogen-bond acceptors (Lipinski definition) is 2. The molecule has 0 saturated heterocycles. The zero-order valence-electron chi connectivity index (χ0n) is 26.5. The van der Waals surface area contributed by atoms with Crippen LogP contribution in [0.25, 0.3) is 12.2 Å². The van der Waals surface area contributed by atoms with Crippen LogP contribution in [-0.2, 0) is 32.3 Å². The Hall–Kier alpha value is -2.52. The van der Waals surface area contributed by atoms with Gasteiger partial charge in [-0.25, -0.2) is 0 Å². The predicted octanol–water partition coefficient (Wildman–Crippen LogP) is 8.73. The van der Waals surface area contributed by atoms with Gasteiger partial charge in [-0.3, -0.25) is 9.98 Å². The molecule has 0 unspecified atom stereocenters. The Kier molecular flexibility index (Phi) is 11.5. The smallest absolute Gasteiger partial charge is 0.661 e. The van der Waals surface area contributed by atoms with Crippen LogP contribution in [0.2, 0.25) is 0 Å². The van der Waals surface area contributed by atoms with Crippen molar-refractivity contribution < 1.29 is 19.5 Å². The standard InChI is InChI=1S/2C17H23N2.Zn/c2*1-7-14-10(3)16(18-12(14)5)9-17-11(4)15(8-2)13(6)19-17;/h2*9H,7-8H2,1-6H3;/q2*-1;+2/b2*16-9-;. The normalized spacial score (nSPS) is 17.1. The zero-order chi connectivity index (χ0) is 28.3. The van der Waals surface area contributed by atoms with Crippen LogP contribution in [0.1, 0.15) is 113 Å². The summed E-state index contributed by atoms with van der Waals surface area (Å²) >= 11 is 0. The number of rotatable bonds is 6. The van der Waals surface area contributed by atoms with E-state index < -0.39 is 0 Å². The van der Waals surface area contributed by atoms with Crippen LogP contribution in [0.4, 0.5) is 0 Å². The molecule has 5 heteroatoms. The summed E-state index contributed by atoms with van der Waals surface area (Å²) in [6.07, 6.45) is 8.47. The van der Waals surface area contributed by atoms with E-state index in [0.29, 0.717) is 0 Å². The molecule has 0 N–H and O–H groups in total. The molecule has 2 aliphatic heterocycles. The van der Waals surface area contributed by atoms with Gasteiger partial charge in [-0.2, -0.15) is 11.4 Å². The molecule has 39 heavy (non-hydrogen) atoms. The first kappa shape index (κ1) is 32.7. The van der Waals surface area contributed by atoms with Gasteiger partial charge in [0.2, 0.25) is 0 Å². The summed E-state index contributed by atoms with van der Waals surface area (Å²) in [5.41, 5.74) is 19.7. The summed E-state index contributed by atoms with van der Waals surface area (Å²) in [6, 6.07) is 0. The Balaban J connectivity index is 0.000000267. The quantitative estimate of drug-likeness (QED) is 0.323. The van der Waals surface area contributed by atoms with Gasteiger partial charge in [0.05, 0.1) is 11.4 Å². The summed E-state index contributed by atoms with van der Waals surface area (Å²) in [6.45, 7) is 25.8. The van der Waals surface area contributed by atoms with Crippen molar-refractivity contribution in [3.8, 4) is 0 Å². The van der Waals surface area contributed by atoms with Crippen molar-refractivity contribution in [3.63, 3.8) is 0 Å². The van der Waals surface area contributed by atoms with Crippen LogP contribution in [0.15, 0.2) is 43.7 Å². The molecule has 0 fully saturated rings. The van der Waals surface area contributed by atoms with Crippen LogP contribution < -0.4 is 9.97 Å². The molecule has 0 radical (unpaired) electrons. The maximum Gasteiger partial charge on any atom is 2.00 e.